The maximum absolute atomic E-state index is 13.2. The molecule has 1 amide bonds. The van der Waals surface area contributed by atoms with Gasteiger partial charge in [0.15, 0.2) is 5.69 Å². The van der Waals surface area contributed by atoms with Gasteiger partial charge in [0.25, 0.3) is 11.6 Å². The minimum absolute atomic E-state index is 0.0884. The fourth-order valence-corrected chi connectivity index (χ4v) is 2.44. The molecule has 0 saturated heterocycles. The molecular formula is C17H14FN5O3. The summed E-state index contributed by atoms with van der Waals surface area (Å²) in [5, 5.41) is 21.3. The van der Waals surface area contributed by atoms with Gasteiger partial charge in [-0.1, -0.05) is 23.4 Å². The Bertz CT molecular complexity index is 986. The lowest BCUT2D eigenvalue weighted by molar-refractivity contribution is -0.384. The zero-order chi connectivity index (χ0) is 18.7. The topological polar surface area (TPSA) is 103 Å². The van der Waals surface area contributed by atoms with Crippen LogP contribution in [0.2, 0.25) is 0 Å². The summed E-state index contributed by atoms with van der Waals surface area (Å²) in [6.07, 6.45) is 0. The van der Waals surface area contributed by atoms with Crippen molar-refractivity contribution in [3.05, 3.63) is 81.4 Å². The Kier molecular flexibility index (Phi) is 4.70. The van der Waals surface area contributed by atoms with Gasteiger partial charge in [-0.2, -0.15) is 0 Å². The van der Waals surface area contributed by atoms with Crippen LogP contribution in [-0.4, -0.2) is 25.8 Å². The standard InChI is InChI=1S/C17H14FN5O3/c1-11-16(17(24)19-10-12-4-2-5-13(18)8-12)20-21-22(11)14-6-3-7-15(9-14)23(25)26/h2-9H,10H2,1H3,(H,19,24). The molecule has 0 aliphatic heterocycles. The summed E-state index contributed by atoms with van der Waals surface area (Å²) in [5.41, 5.74) is 1.47. The maximum Gasteiger partial charge on any atom is 0.274 e. The second kappa shape index (κ2) is 7.09. The molecule has 0 fully saturated rings. The molecular weight excluding hydrogens is 341 g/mol. The lowest BCUT2D eigenvalue weighted by Crippen LogP contribution is -2.24. The van der Waals surface area contributed by atoms with Crippen molar-refractivity contribution in [2.45, 2.75) is 13.5 Å². The third-order valence-corrected chi connectivity index (χ3v) is 3.74. The van der Waals surface area contributed by atoms with Crippen LogP contribution in [0.15, 0.2) is 48.5 Å². The number of carbonyl (C=O) groups is 1. The first-order chi connectivity index (χ1) is 12.5. The van der Waals surface area contributed by atoms with Crippen LogP contribution in [0.4, 0.5) is 10.1 Å². The number of nitro benzene ring substituents is 1. The SMILES string of the molecule is Cc1c(C(=O)NCc2cccc(F)c2)nnn1-c1cccc([N+](=O)[O-])c1. The lowest BCUT2D eigenvalue weighted by Gasteiger charge is -2.05. The number of benzene rings is 2. The van der Waals surface area contributed by atoms with Crippen LogP contribution in [0.3, 0.4) is 0 Å². The van der Waals surface area contributed by atoms with E-state index in [-0.39, 0.29) is 23.7 Å². The van der Waals surface area contributed by atoms with Gasteiger partial charge >= 0.3 is 0 Å². The van der Waals surface area contributed by atoms with E-state index in [0.717, 1.165) is 0 Å². The van der Waals surface area contributed by atoms with Crippen LogP contribution in [0.25, 0.3) is 5.69 Å². The van der Waals surface area contributed by atoms with E-state index in [0.29, 0.717) is 16.9 Å². The number of nitrogens with zero attached hydrogens (tertiary/aromatic N) is 4. The molecule has 0 bridgehead atoms. The Labute approximate surface area is 147 Å². The van der Waals surface area contributed by atoms with Crippen molar-refractivity contribution < 1.29 is 14.1 Å². The molecule has 132 valence electrons. The van der Waals surface area contributed by atoms with Crippen molar-refractivity contribution in [3.8, 4) is 5.69 Å². The normalized spacial score (nSPS) is 10.5. The number of nitro groups is 1. The van der Waals surface area contributed by atoms with E-state index in [4.69, 9.17) is 0 Å². The van der Waals surface area contributed by atoms with E-state index in [1.165, 1.54) is 35.0 Å². The molecule has 0 unspecified atom stereocenters. The van der Waals surface area contributed by atoms with Crippen LogP contribution in [0, 0.1) is 22.9 Å². The van der Waals surface area contributed by atoms with Gasteiger partial charge in [0.2, 0.25) is 0 Å². The largest absolute Gasteiger partial charge is 0.347 e. The predicted octanol–water partition coefficient (Wildman–Crippen LogP) is 2.55. The highest BCUT2D eigenvalue weighted by atomic mass is 19.1. The second-order valence-electron chi connectivity index (χ2n) is 5.52. The van der Waals surface area contributed by atoms with Gasteiger partial charge in [-0.25, -0.2) is 9.07 Å². The third-order valence-electron chi connectivity index (χ3n) is 3.74. The molecule has 2 aromatic carbocycles. The zero-order valence-corrected chi connectivity index (χ0v) is 13.7. The highest BCUT2D eigenvalue weighted by Crippen LogP contribution is 2.18. The number of hydrogen-bond acceptors (Lipinski definition) is 5. The molecule has 0 radical (unpaired) electrons. The fraction of sp³-hybridized carbons (Fsp3) is 0.118. The third kappa shape index (κ3) is 3.56. The summed E-state index contributed by atoms with van der Waals surface area (Å²) in [7, 11) is 0. The van der Waals surface area contributed by atoms with Crippen LogP contribution >= 0.6 is 0 Å². The fourth-order valence-electron chi connectivity index (χ4n) is 2.44. The molecule has 0 spiro atoms. The number of carbonyl (C=O) groups excluding carboxylic acids is 1. The number of nitrogens with one attached hydrogen (secondary N) is 1. The van der Waals surface area contributed by atoms with Crippen molar-refractivity contribution >= 4 is 11.6 Å². The van der Waals surface area contributed by atoms with Gasteiger partial charge in [-0.3, -0.25) is 14.9 Å². The van der Waals surface area contributed by atoms with E-state index in [1.54, 1.807) is 25.1 Å². The number of non-ortho nitro benzene ring substituents is 1. The summed E-state index contributed by atoms with van der Waals surface area (Å²) in [6, 6.07) is 11.8. The first-order valence-corrected chi connectivity index (χ1v) is 7.65. The Morgan fingerprint density at radius 2 is 2.04 bits per heavy atom. The lowest BCUT2D eigenvalue weighted by atomic mass is 10.2. The average molecular weight is 355 g/mol. The molecule has 9 heteroatoms. The van der Waals surface area contributed by atoms with Crippen LogP contribution < -0.4 is 5.32 Å². The van der Waals surface area contributed by atoms with Crippen LogP contribution in [0.5, 0.6) is 0 Å². The number of hydrogen-bond donors (Lipinski definition) is 1. The van der Waals surface area contributed by atoms with Crippen molar-refractivity contribution in [1.29, 1.82) is 0 Å². The molecule has 3 rings (SSSR count). The van der Waals surface area contributed by atoms with Gasteiger partial charge in [-0.05, 0) is 30.7 Å². The van der Waals surface area contributed by atoms with Gasteiger partial charge in [0, 0.05) is 18.7 Å². The summed E-state index contributed by atoms with van der Waals surface area (Å²) in [6.45, 7) is 1.77. The van der Waals surface area contributed by atoms with Gasteiger partial charge in [0.05, 0.1) is 16.3 Å². The first-order valence-electron chi connectivity index (χ1n) is 7.65. The molecule has 3 aromatic rings. The Morgan fingerprint density at radius 1 is 1.27 bits per heavy atom. The number of rotatable bonds is 5. The molecule has 8 nitrogen and oxygen atoms in total. The second-order valence-corrected chi connectivity index (χ2v) is 5.52. The highest BCUT2D eigenvalue weighted by molar-refractivity contribution is 5.93. The summed E-state index contributed by atoms with van der Waals surface area (Å²) in [4.78, 5) is 22.7. The highest BCUT2D eigenvalue weighted by Gasteiger charge is 2.18. The molecule has 0 aliphatic carbocycles. The van der Waals surface area contributed by atoms with Crippen molar-refractivity contribution in [3.63, 3.8) is 0 Å². The van der Waals surface area contributed by atoms with Crippen LogP contribution in [0.1, 0.15) is 21.7 Å². The zero-order valence-electron chi connectivity index (χ0n) is 13.7. The Hall–Kier alpha value is -3.62. The quantitative estimate of drug-likeness (QED) is 0.560. The number of amides is 1. The van der Waals surface area contributed by atoms with Crippen molar-refractivity contribution in [1.82, 2.24) is 20.3 Å². The number of halogens is 1. The predicted molar refractivity (Wildman–Crippen MR) is 90.3 cm³/mol. The Balaban J connectivity index is 1.79. The average Bonchev–Trinajstić information content (AvgIpc) is 3.01. The van der Waals surface area contributed by atoms with Crippen LogP contribution in [-0.2, 0) is 6.54 Å². The summed E-state index contributed by atoms with van der Waals surface area (Å²) in [5.74, 6) is -0.854. The van der Waals surface area contributed by atoms with Gasteiger partial charge < -0.3 is 5.32 Å². The Morgan fingerprint density at radius 3 is 2.77 bits per heavy atom. The van der Waals surface area contributed by atoms with E-state index >= 15 is 0 Å². The minimum Gasteiger partial charge on any atom is -0.347 e. The van der Waals surface area contributed by atoms with Crippen molar-refractivity contribution in [2.24, 2.45) is 0 Å². The molecule has 1 N–H and O–H groups in total. The first kappa shape index (κ1) is 17.2. The number of aromatic nitrogens is 3. The molecule has 1 heterocycles. The van der Waals surface area contributed by atoms with E-state index in [9.17, 15) is 19.3 Å². The summed E-state index contributed by atoms with van der Waals surface area (Å²) >= 11 is 0. The molecule has 0 aliphatic rings. The molecule has 0 saturated carbocycles. The monoisotopic (exact) mass is 355 g/mol. The molecule has 1 aromatic heterocycles. The minimum atomic E-state index is -0.512. The molecule has 0 atom stereocenters. The molecule has 26 heavy (non-hydrogen) atoms. The van der Waals surface area contributed by atoms with Gasteiger partial charge in [-0.15, -0.1) is 5.10 Å². The van der Waals surface area contributed by atoms with E-state index < -0.39 is 10.8 Å². The van der Waals surface area contributed by atoms with E-state index in [1.807, 2.05) is 0 Å². The summed E-state index contributed by atoms with van der Waals surface area (Å²) < 4.78 is 14.5. The van der Waals surface area contributed by atoms with E-state index in [2.05, 4.69) is 15.6 Å². The smallest absolute Gasteiger partial charge is 0.274 e. The van der Waals surface area contributed by atoms with Gasteiger partial charge in [0.1, 0.15) is 5.82 Å². The maximum atomic E-state index is 13.2. The van der Waals surface area contributed by atoms with Crippen molar-refractivity contribution in [2.75, 3.05) is 0 Å².